The van der Waals surface area contributed by atoms with E-state index in [1.165, 1.54) is 5.56 Å². The predicted molar refractivity (Wildman–Crippen MR) is 95.1 cm³/mol. The Balaban J connectivity index is 1.77. The Labute approximate surface area is 147 Å². The highest BCUT2D eigenvalue weighted by molar-refractivity contribution is 7.96. The molecule has 0 aliphatic carbocycles. The van der Waals surface area contributed by atoms with Crippen LogP contribution in [0.4, 0.5) is 9.59 Å². The van der Waals surface area contributed by atoms with Crippen molar-refractivity contribution < 1.29 is 14.4 Å². The van der Waals surface area contributed by atoms with E-state index in [9.17, 15) is 14.4 Å². The summed E-state index contributed by atoms with van der Waals surface area (Å²) in [6, 6.07) is 9.72. The third-order valence-corrected chi connectivity index (χ3v) is 4.40. The lowest BCUT2D eigenvalue weighted by Gasteiger charge is -2.33. The SMILES string of the molecule is CC(CNC(=O)NC(=O)S)C(=O)N1CCC(c2ccccc2)CC1. The number of rotatable bonds is 4. The van der Waals surface area contributed by atoms with Crippen molar-refractivity contribution in [2.24, 2.45) is 5.92 Å². The number of amides is 4. The molecule has 1 atom stereocenters. The van der Waals surface area contributed by atoms with Crippen LogP contribution in [0.25, 0.3) is 0 Å². The van der Waals surface area contributed by atoms with E-state index < -0.39 is 11.3 Å². The molecule has 1 saturated heterocycles. The second kappa shape index (κ2) is 8.73. The van der Waals surface area contributed by atoms with Crippen molar-refractivity contribution in [1.82, 2.24) is 15.5 Å². The number of hydrogen-bond acceptors (Lipinski definition) is 3. The Kier molecular flexibility index (Phi) is 6.66. The van der Waals surface area contributed by atoms with Crippen LogP contribution < -0.4 is 10.6 Å². The molecule has 0 saturated carbocycles. The summed E-state index contributed by atoms with van der Waals surface area (Å²) in [4.78, 5) is 36.3. The zero-order valence-corrected chi connectivity index (χ0v) is 14.6. The van der Waals surface area contributed by atoms with Gasteiger partial charge in [0, 0.05) is 19.6 Å². The highest BCUT2D eigenvalue weighted by atomic mass is 32.1. The van der Waals surface area contributed by atoms with Crippen LogP contribution in [0.3, 0.4) is 0 Å². The predicted octanol–water partition coefficient (Wildman–Crippen LogP) is 2.38. The number of imide groups is 1. The number of thiol groups is 1. The van der Waals surface area contributed by atoms with Gasteiger partial charge in [-0.2, -0.15) is 0 Å². The van der Waals surface area contributed by atoms with Crippen LogP contribution in [0.5, 0.6) is 0 Å². The van der Waals surface area contributed by atoms with Crippen LogP contribution in [-0.4, -0.2) is 41.7 Å². The Bertz CT molecular complexity index is 586. The molecule has 0 spiro atoms. The minimum Gasteiger partial charge on any atom is -0.342 e. The number of likely N-dealkylation sites (tertiary alicyclic amines) is 1. The zero-order chi connectivity index (χ0) is 17.5. The molecule has 1 aliphatic rings. The van der Waals surface area contributed by atoms with Crippen LogP contribution in [0.2, 0.25) is 0 Å². The number of piperidine rings is 1. The van der Waals surface area contributed by atoms with E-state index in [-0.39, 0.29) is 18.4 Å². The lowest BCUT2D eigenvalue weighted by Crippen LogP contribution is -2.45. The topological polar surface area (TPSA) is 78.5 Å². The normalized spacial score (nSPS) is 16.3. The van der Waals surface area contributed by atoms with E-state index in [1.54, 1.807) is 6.92 Å². The van der Waals surface area contributed by atoms with Gasteiger partial charge in [0.1, 0.15) is 0 Å². The average Bonchev–Trinajstić information content (AvgIpc) is 2.59. The van der Waals surface area contributed by atoms with Crippen molar-refractivity contribution in [2.45, 2.75) is 25.7 Å². The van der Waals surface area contributed by atoms with Crippen molar-refractivity contribution in [3.63, 3.8) is 0 Å². The quantitative estimate of drug-likeness (QED) is 0.730. The number of nitrogens with one attached hydrogen (secondary N) is 2. The molecular formula is C17H23N3O3S. The molecule has 7 heteroatoms. The Morgan fingerprint density at radius 3 is 2.42 bits per heavy atom. The van der Waals surface area contributed by atoms with Gasteiger partial charge in [-0.1, -0.05) is 49.9 Å². The summed E-state index contributed by atoms with van der Waals surface area (Å²) in [5.74, 6) is 0.189. The molecule has 6 nitrogen and oxygen atoms in total. The molecule has 24 heavy (non-hydrogen) atoms. The highest BCUT2D eigenvalue weighted by Crippen LogP contribution is 2.28. The molecule has 4 amide bonds. The fourth-order valence-electron chi connectivity index (χ4n) is 2.94. The van der Waals surface area contributed by atoms with Gasteiger partial charge < -0.3 is 10.2 Å². The van der Waals surface area contributed by atoms with Gasteiger partial charge >= 0.3 is 6.03 Å². The lowest BCUT2D eigenvalue weighted by molar-refractivity contribution is -0.135. The number of urea groups is 1. The van der Waals surface area contributed by atoms with E-state index in [2.05, 4.69) is 30.1 Å². The first-order valence-electron chi connectivity index (χ1n) is 8.09. The molecule has 0 radical (unpaired) electrons. The molecule has 1 unspecified atom stereocenters. The maximum absolute atomic E-state index is 12.4. The van der Waals surface area contributed by atoms with Crippen LogP contribution >= 0.6 is 12.6 Å². The van der Waals surface area contributed by atoms with Crippen molar-refractivity contribution in [1.29, 1.82) is 0 Å². The second-order valence-electron chi connectivity index (χ2n) is 6.05. The molecule has 1 heterocycles. The minimum atomic E-state index is -0.727. The van der Waals surface area contributed by atoms with E-state index in [0.29, 0.717) is 5.92 Å². The Morgan fingerprint density at radius 2 is 1.83 bits per heavy atom. The molecule has 2 rings (SSSR count). The van der Waals surface area contributed by atoms with Gasteiger partial charge in [0.05, 0.1) is 5.92 Å². The minimum absolute atomic E-state index is 0.0269. The van der Waals surface area contributed by atoms with Crippen LogP contribution in [0.15, 0.2) is 30.3 Å². The summed E-state index contributed by atoms with van der Waals surface area (Å²) >= 11 is 3.46. The fourth-order valence-corrected chi connectivity index (χ4v) is 3.05. The van der Waals surface area contributed by atoms with Gasteiger partial charge in [-0.3, -0.25) is 14.9 Å². The van der Waals surface area contributed by atoms with Gasteiger partial charge in [0.25, 0.3) is 5.24 Å². The van der Waals surface area contributed by atoms with E-state index in [1.807, 2.05) is 28.4 Å². The Hall–Kier alpha value is -2.02. The smallest absolute Gasteiger partial charge is 0.322 e. The molecular weight excluding hydrogens is 326 g/mol. The summed E-state index contributed by atoms with van der Waals surface area (Å²) in [6.45, 7) is 3.41. The maximum Gasteiger partial charge on any atom is 0.322 e. The van der Waals surface area contributed by atoms with E-state index in [4.69, 9.17) is 0 Å². The van der Waals surface area contributed by atoms with E-state index in [0.717, 1.165) is 25.9 Å². The molecule has 0 bridgehead atoms. The standard InChI is InChI=1S/C17H23N3O3S/c1-12(11-18-16(22)19-17(23)24)15(21)20-9-7-14(8-10-20)13-5-3-2-4-6-13/h2-6,12,14H,7-11H2,1H3,(H3,18,19,22,23,24). The van der Waals surface area contributed by atoms with Crippen molar-refractivity contribution in [3.8, 4) is 0 Å². The van der Waals surface area contributed by atoms with E-state index >= 15 is 0 Å². The molecule has 1 aromatic carbocycles. The first kappa shape index (κ1) is 18.3. The van der Waals surface area contributed by atoms with Crippen LogP contribution in [0, 0.1) is 5.92 Å². The van der Waals surface area contributed by atoms with Crippen molar-refractivity contribution >= 4 is 29.8 Å². The third-order valence-electron chi connectivity index (χ3n) is 4.29. The molecule has 130 valence electrons. The zero-order valence-electron chi connectivity index (χ0n) is 13.7. The lowest BCUT2D eigenvalue weighted by atomic mass is 9.89. The van der Waals surface area contributed by atoms with Crippen LogP contribution in [0.1, 0.15) is 31.2 Å². The molecule has 1 aliphatic heterocycles. The first-order chi connectivity index (χ1) is 11.5. The second-order valence-corrected chi connectivity index (χ2v) is 6.46. The number of carbonyl (C=O) groups is 3. The summed E-state index contributed by atoms with van der Waals surface area (Å²) in [7, 11) is 0. The summed E-state index contributed by atoms with van der Waals surface area (Å²) in [6.07, 6.45) is 1.90. The summed E-state index contributed by atoms with van der Waals surface area (Å²) < 4.78 is 0. The maximum atomic E-state index is 12.4. The van der Waals surface area contributed by atoms with Crippen LogP contribution in [-0.2, 0) is 4.79 Å². The largest absolute Gasteiger partial charge is 0.342 e. The number of carbonyl (C=O) groups excluding carboxylic acids is 3. The van der Waals surface area contributed by atoms with Gasteiger partial charge in [0.2, 0.25) is 5.91 Å². The molecule has 2 N–H and O–H groups in total. The van der Waals surface area contributed by atoms with Gasteiger partial charge in [0.15, 0.2) is 0 Å². The van der Waals surface area contributed by atoms with Crippen molar-refractivity contribution in [3.05, 3.63) is 35.9 Å². The summed E-state index contributed by atoms with van der Waals surface area (Å²) in [5.41, 5.74) is 1.33. The van der Waals surface area contributed by atoms with Gasteiger partial charge in [-0.05, 0) is 24.3 Å². The van der Waals surface area contributed by atoms with Crippen molar-refractivity contribution in [2.75, 3.05) is 19.6 Å². The van der Waals surface area contributed by atoms with Gasteiger partial charge in [-0.15, -0.1) is 0 Å². The number of hydrogen-bond donors (Lipinski definition) is 3. The molecule has 0 aromatic heterocycles. The summed E-state index contributed by atoms with van der Waals surface area (Å²) in [5, 5.41) is 3.76. The monoisotopic (exact) mass is 349 g/mol. The Morgan fingerprint density at radius 1 is 1.21 bits per heavy atom. The average molecular weight is 349 g/mol. The van der Waals surface area contributed by atoms with Gasteiger partial charge in [-0.25, -0.2) is 4.79 Å². The number of nitrogens with zero attached hydrogens (tertiary/aromatic N) is 1. The highest BCUT2D eigenvalue weighted by Gasteiger charge is 2.26. The molecule has 1 fully saturated rings. The first-order valence-corrected chi connectivity index (χ1v) is 8.53. The third kappa shape index (κ3) is 5.26. The fraction of sp³-hybridized carbons (Fsp3) is 0.471. The number of benzene rings is 1. The molecule has 1 aromatic rings.